The van der Waals surface area contributed by atoms with E-state index < -0.39 is 0 Å². The van der Waals surface area contributed by atoms with Gasteiger partial charge >= 0.3 is 0 Å². The van der Waals surface area contributed by atoms with Crippen molar-refractivity contribution < 1.29 is 4.92 Å². The summed E-state index contributed by atoms with van der Waals surface area (Å²) >= 11 is 0. The summed E-state index contributed by atoms with van der Waals surface area (Å²) in [6, 6.07) is 4.98. The lowest BCUT2D eigenvalue weighted by molar-refractivity contribution is -0.384. The molecule has 0 saturated heterocycles. The van der Waals surface area contributed by atoms with Crippen molar-refractivity contribution in [2.45, 2.75) is 6.92 Å². The van der Waals surface area contributed by atoms with Crippen LogP contribution in [0, 0.1) is 10.1 Å². The molecule has 0 aromatic heterocycles. The summed E-state index contributed by atoms with van der Waals surface area (Å²) in [6.07, 6.45) is 4.07. The molecule has 0 N–H and O–H groups in total. The summed E-state index contributed by atoms with van der Waals surface area (Å²) < 4.78 is 0. The standard InChI is InChI=1S/C11H12N2O2/c1-2-12-7-3-4-9-5-6-10(13(14)15)8-11(9)12/h3-6,8H,2,7H2,1H3. The number of hydrogen-bond donors (Lipinski definition) is 0. The molecule has 1 aromatic rings. The Hall–Kier alpha value is -1.84. The van der Waals surface area contributed by atoms with Gasteiger partial charge in [0.1, 0.15) is 0 Å². The van der Waals surface area contributed by atoms with Gasteiger partial charge in [-0.1, -0.05) is 12.2 Å². The van der Waals surface area contributed by atoms with Crippen LogP contribution in [0.4, 0.5) is 11.4 Å². The largest absolute Gasteiger partial charge is 0.367 e. The Bertz CT molecular complexity index is 427. The van der Waals surface area contributed by atoms with Crippen molar-refractivity contribution in [2.75, 3.05) is 18.0 Å². The van der Waals surface area contributed by atoms with E-state index in [2.05, 4.69) is 11.0 Å². The molecule has 1 aromatic carbocycles. The molecular weight excluding hydrogens is 192 g/mol. The van der Waals surface area contributed by atoms with E-state index in [0.29, 0.717) is 0 Å². The average Bonchev–Trinajstić information content (AvgIpc) is 2.27. The summed E-state index contributed by atoms with van der Waals surface area (Å²) in [5.74, 6) is 0. The first-order valence-corrected chi connectivity index (χ1v) is 4.92. The van der Waals surface area contributed by atoms with Crippen LogP contribution in [-0.2, 0) is 0 Å². The van der Waals surface area contributed by atoms with E-state index >= 15 is 0 Å². The third-order valence-electron chi connectivity index (χ3n) is 2.57. The number of benzene rings is 1. The van der Waals surface area contributed by atoms with Crippen molar-refractivity contribution >= 4 is 17.5 Å². The van der Waals surface area contributed by atoms with Gasteiger partial charge in [-0.3, -0.25) is 10.1 Å². The molecule has 0 spiro atoms. The number of likely N-dealkylation sites (N-methyl/N-ethyl adjacent to an activating group) is 1. The molecule has 15 heavy (non-hydrogen) atoms. The van der Waals surface area contributed by atoms with Crippen LogP contribution in [0.25, 0.3) is 6.08 Å². The molecule has 2 rings (SSSR count). The quantitative estimate of drug-likeness (QED) is 0.549. The lowest BCUT2D eigenvalue weighted by atomic mass is 10.1. The zero-order chi connectivity index (χ0) is 10.8. The highest BCUT2D eigenvalue weighted by molar-refractivity contribution is 5.73. The molecule has 0 aliphatic carbocycles. The third-order valence-corrected chi connectivity index (χ3v) is 2.57. The van der Waals surface area contributed by atoms with Crippen molar-refractivity contribution in [1.82, 2.24) is 0 Å². The topological polar surface area (TPSA) is 46.4 Å². The molecule has 0 atom stereocenters. The minimum Gasteiger partial charge on any atom is -0.367 e. The minimum atomic E-state index is -0.355. The van der Waals surface area contributed by atoms with Crippen molar-refractivity contribution in [3.05, 3.63) is 40.0 Å². The van der Waals surface area contributed by atoms with E-state index in [1.165, 1.54) is 0 Å². The Balaban J connectivity index is 2.48. The minimum absolute atomic E-state index is 0.155. The second-order valence-electron chi connectivity index (χ2n) is 3.44. The molecule has 0 bridgehead atoms. The van der Waals surface area contributed by atoms with Crippen LogP contribution in [0.1, 0.15) is 12.5 Å². The van der Waals surface area contributed by atoms with Crippen molar-refractivity contribution in [3.8, 4) is 0 Å². The average molecular weight is 204 g/mol. The molecule has 0 saturated carbocycles. The van der Waals surface area contributed by atoms with Crippen LogP contribution in [-0.4, -0.2) is 18.0 Å². The monoisotopic (exact) mass is 204 g/mol. The normalized spacial score (nSPS) is 13.8. The highest BCUT2D eigenvalue weighted by Crippen LogP contribution is 2.29. The number of fused-ring (bicyclic) bond motifs is 1. The maximum atomic E-state index is 10.7. The fourth-order valence-corrected chi connectivity index (χ4v) is 1.77. The van der Waals surface area contributed by atoms with Gasteiger partial charge in [-0.2, -0.15) is 0 Å². The smallest absolute Gasteiger partial charge is 0.271 e. The van der Waals surface area contributed by atoms with E-state index in [0.717, 1.165) is 24.3 Å². The highest BCUT2D eigenvalue weighted by atomic mass is 16.6. The zero-order valence-corrected chi connectivity index (χ0v) is 8.51. The fraction of sp³-hybridized carbons (Fsp3) is 0.273. The molecular formula is C11H12N2O2. The molecule has 0 radical (unpaired) electrons. The second-order valence-corrected chi connectivity index (χ2v) is 3.44. The summed E-state index contributed by atoms with van der Waals surface area (Å²) in [4.78, 5) is 12.4. The Morgan fingerprint density at radius 1 is 1.53 bits per heavy atom. The predicted octanol–water partition coefficient (Wildman–Crippen LogP) is 2.45. The number of non-ortho nitro benzene ring substituents is 1. The lowest BCUT2D eigenvalue weighted by Gasteiger charge is -2.26. The number of hydrogen-bond acceptors (Lipinski definition) is 3. The van der Waals surface area contributed by atoms with E-state index in [9.17, 15) is 10.1 Å². The van der Waals surface area contributed by atoms with Crippen LogP contribution in [0.3, 0.4) is 0 Å². The first-order chi connectivity index (χ1) is 7.22. The van der Waals surface area contributed by atoms with Gasteiger partial charge < -0.3 is 4.90 Å². The van der Waals surface area contributed by atoms with Crippen LogP contribution in [0.15, 0.2) is 24.3 Å². The van der Waals surface area contributed by atoms with E-state index in [4.69, 9.17) is 0 Å². The Morgan fingerprint density at radius 3 is 3.00 bits per heavy atom. The SMILES string of the molecule is CCN1CC=Cc2ccc([N+](=O)[O-])cc21. The van der Waals surface area contributed by atoms with Crippen LogP contribution in [0.2, 0.25) is 0 Å². The number of nitro benzene ring substituents is 1. The van der Waals surface area contributed by atoms with Gasteiger partial charge in [0.05, 0.1) is 10.6 Å². The van der Waals surface area contributed by atoms with Gasteiger partial charge in [0.15, 0.2) is 0 Å². The maximum Gasteiger partial charge on any atom is 0.271 e. The van der Waals surface area contributed by atoms with E-state index in [-0.39, 0.29) is 10.6 Å². The molecule has 0 amide bonds. The zero-order valence-electron chi connectivity index (χ0n) is 8.51. The lowest BCUT2D eigenvalue weighted by Crippen LogP contribution is -2.25. The van der Waals surface area contributed by atoms with Crippen molar-refractivity contribution in [2.24, 2.45) is 0 Å². The predicted molar refractivity (Wildman–Crippen MR) is 60.0 cm³/mol. The number of rotatable bonds is 2. The number of nitro groups is 1. The summed E-state index contributed by atoms with van der Waals surface area (Å²) in [5, 5.41) is 10.7. The van der Waals surface area contributed by atoms with Gasteiger partial charge in [0.25, 0.3) is 5.69 Å². The van der Waals surface area contributed by atoms with Gasteiger partial charge in [0.2, 0.25) is 0 Å². The summed E-state index contributed by atoms with van der Waals surface area (Å²) in [6.45, 7) is 3.73. The Kier molecular flexibility index (Phi) is 2.41. The first-order valence-electron chi connectivity index (χ1n) is 4.92. The molecule has 78 valence electrons. The maximum absolute atomic E-state index is 10.7. The molecule has 4 heteroatoms. The van der Waals surface area contributed by atoms with Crippen molar-refractivity contribution in [1.29, 1.82) is 0 Å². The Morgan fingerprint density at radius 2 is 2.33 bits per heavy atom. The summed E-state index contributed by atoms with van der Waals surface area (Å²) in [5.41, 5.74) is 2.16. The van der Waals surface area contributed by atoms with Gasteiger partial charge in [-0.25, -0.2) is 0 Å². The first kappa shape index (κ1) is 9.71. The summed E-state index contributed by atoms with van der Waals surface area (Å²) in [7, 11) is 0. The second kappa shape index (κ2) is 3.73. The van der Waals surface area contributed by atoms with Crippen LogP contribution < -0.4 is 4.90 Å². The molecule has 0 fully saturated rings. The van der Waals surface area contributed by atoms with Crippen LogP contribution >= 0.6 is 0 Å². The Labute approximate surface area is 88.0 Å². The molecule has 4 nitrogen and oxygen atoms in total. The third kappa shape index (κ3) is 1.70. The molecule has 0 unspecified atom stereocenters. The molecule has 1 aliphatic heterocycles. The van der Waals surface area contributed by atoms with Gasteiger partial charge in [-0.15, -0.1) is 0 Å². The fourth-order valence-electron chi connectivity index (χ4n) is 1.77. The number of anilines is 1. The van der Waals surface area contributed by atoms with Gasteiger partial charge in [-0.05, 0) is 18.6 Å². The van der Waals surface area contributed by atoms with Gasteiger partial charge in [0, 0.05) is 25.2 Å². The molecule has 1 heterocycles. The highest BCUT2D eigenvalue weighted by Gasteiger charge is 2.15. The molecule has 1 aliphatic rings. The van der Waals surface area contributed by atoms with Crippen LogP contribution in [0.5, 0.6) is 0 Å². The number of nitrogens with zero attached hydrogens (tertiary/aromatic N) is 2. The van der Waals surface area contributed by atoms with Crippen molar-refractivity contribution in [3.63, 3.8) is 0 Å². The van der Waals surface area contributed by atoms with E-state index in [1.807, 2.05) is 13.0 Å². The van der Waals surface area contributed by atoms with E-state index in [1.54, 1.807) is 18.2 Å².